The second-order valence-electron chi connectivity index (χ2n) is 2.59. The van der Waals surface area contributed by atoms with Crippen molar-refractivity contribution in [3.63, 3.8) is 0 Å². The van der Waals surface area contributed by atoms with Crippen LogP contribution in [0.5, 0.6) is 0 Å². The highest BCUT2D eigenvalue weighted by molar-refractivity contribution is 7.84. The molecule has 0 fully saturated rings. The lowest BCUT2D eigenvalue weighted by Crippen LogP contribution is -2.15. The molecule has 76 valence electrons. The summed E-state index contributed by atoms with van der Waals surface area (Å²) in [7, 11) is -3.83. The Kier molecular flexibility index (Phi) is 3.82. The Hall–Kier alpha value is -1.17. The highest BCUT2D eigenvalue weighted by Crippen LogP contribution is 2.00. The van der Waals surface area contributed by atoms with Gasteiger partial charge in [-0.1, -0.05) is 42.5 Å². The normalized spacial score (nSPS) is 12.1. The molecule has 4 nitrogen and oxygen atoms in total. The van der Waals surface area contributed by atoms with Gasteiger partial charge in [0.2, 0.25) is 0 Å². The number of hydrogen-bond acceptors (Lipinski definition) is 3. The molecule has 1 aromatic rings. The molecule has 0 heterocycles. The van der Waals surface area contributed by atoms with Crippen LogP contribution >= 0.6 is 0 Å². The van der Waals surface area contributed by atoms with Gasteiger partial charge in [-0.3, -0.25) is 4.18 Å². The average molecular weight is 213 g/mol. The molecule has 0 aromatic heterocycles. The molecule has 5 heteroatoms. The van der Waals surface area contributed by atoms with E-state index in [1.807, 2.05) is 30.3 Å². The van der Waals surface area contributed by atoms with Gasteiger partial charge in [-0.05, 0) is 5.56 Å². The minimum Gasteiger partial charge on any atom is -0.254 e. The summed E-state index contributed by atoms with van der Waals surface area (Å²) in [6.07, 6.45) is 3.34. The van der Waals surface area contributed by atoms with E-state index in [0.717, 1.165) is 5.56 Å². The standard InChI is InChI=1S/C9H11NO3S/c10-14(11,12)13-8-4-7-9-5-2-1-3-6-9/h1-7H,8H2,(H2,10,11,12). The van der Waals surface area contributed by atoms with E-state index in [0.29, 0.717) is 0 Å². The molecule has 0 aliphatic rings. The summed E-state index contributed by atoms with van der Waals surface area (Å²) in [5.41, 5.74) is 0.977. The molecule has 0 amide bonds. The third-order valence-electron chi connectivity index (χ3n) is 1.44. The van der Waals surface area contributed by atoms with Crippen LogP contribution in [0, 0.1) is 0 Å². The summed E-state index contributed by atoms with van der Waals surface area (Å²) in [6, 6.07) is 9.47. The van der Waals surface area contributed by atoms with Gasteiger partial charge in [0.1, 0.15) is 0 Å². The van der Waals surface area contributed by atoms with Crippen LogP contribution in [-0.2, 0) is 14.5 Å². The van der Waals surface area contributed by atoms with Crippen LogP contribution in [0.2, 0.25) is 0 Å². The highest BCUT2D eigenvalue weighted by atomic mass is 32.2. The molecule has 0 saturated heterocycles. The van der Waals surface area contributed by atoms with Gasteiger partial charge in [-0.15, -0.1) is 0 Å². The molecule has 0 bridgehead atoms. The van der Waals surface area contributed by atoms with Crippen LogP contribution < -0.4 is 5.14 Å². The average Bonchev–Trinajstić information content (AvgIpc) is 2.13. The van der Waals surface area contributed by atoms with Crippen LogP contribution in [0.3, 0.4) is 0 Å². The maximum Gasteiger partial charge on any atom is 0.333 e. The van der Waals surface area contributed by atoms with E-state index in [1.165, 1.54) is 0 Å². The Labute approximate surface area is 83.3 Å². The van der Waals surface area contributed by atoms with E-state index >= 15 is 0 Å². The Morgan fingerprint density at radius 3 is 2.50 bits per heavy atom. The predicted molar refractivity (Wildman–Crippen MR) is 54.5 cm³/mol. The molecule has 0 spiro atoms. The largest absolute Gasteiger partial charge is 0.333 e. The third kappa shape index (κ3) is 4.76. The van der Waals surface area contributed by atoms with Crippen molar-refractivity contribution in [1.29, 1.82) is 0 Å². The van der Waals surface area contributed by atoms with E-state index in [-0.39, 0.29) is 6.61 Å². The molecular formula is C9H11NO3S. The molecule has 1 aromatic carbocycles. The fourth-order valence-electron chi connectivity index (χ4n) is 0.882. The molecule has 14 heavy (non-hydrogen) atoms. The summed E-state index contributed by atoms with van der Waals surface area (Å²) >= 11 is 0. The molecule has 0 aliphatic heterocycles. The topological polar surface area (TPSA) is 69.4 Å². The molecule has 2 N–H and O–H groups in total. The minimum atomic E-state index is -3.83. The Morgan fingerprint density at radius 2 is 1.93 bits per heavy atom. The van der Waals surface area contributed by atoms with E-state index in [1.54, 1.807) is 12.2 Å². The van der Waals surface area contributed by atoms with Gasteiger partial charge in [-0.25, -0.2) is 5.14 Å². The molecule has 0 radical (unpaired) electrons. The number of hydrogen-bond donors (Lipinski definition) is 1. The van der Waals surface area contributed by atoms with E-state index in [9.17, 15) is 8.42 Å². The van der Waals surface area contributed by atoms with Gasteiger partial charge in [0.15, 0.2) is 0 Å². The Balaban J connectivity index is 2.43. The van der Waals surface area contributed by atoms with Gasteiger partial charge >= 0.3 is 10.3 Å². The van der Waals surface area contributed by atoms with Crippen LogP contribution in [0.4, 0.5) is 0 Å². The minimum absolute atomic E-state index is 0.0479. The summed E-state index contributed by atoms with van der Waals surface area (Å²) in [5, 5.41) is 4.63. The lowest BCUT2D eigenvalue weighted by Gasteiger charge is -1.94. The van der Waals surface area contributed by atoms with E-state index in [4.69, 9.17) is 0 Å². The van der Waals surface area contributed by atoms with Crippen LogP contribution in [0.1, 0.15) is 5.56 Å². The maximum atomic E-state index is 10.4. The fourth-order valence-corrected chi connectivity index (χ4v) is 1.15. The maximum absolute atomic E-state index is 10.4. The quantitative estimate of drug-likeness (QED) is 0.808. The molecular weight excluding hydrogens is 202 g/mol. The molecule has 0 unspecified atom stereocenters. The third-order valence-corrected chi connectivity index (χ3v) is 1.90. The van der Waals surface area contributed by atoms with Crippen molar-refractivity contribution in [2.24, 2.45) is 5.14 Å². The first-order valence-electron chi connectivity index (χ1n) is 3.97. The lowest BCUT2D eigenvalue weighted by molar-refractivity contribution is 0.358. The first kappa shape index (κ1) is 10.9. The van der Waals surface area contributed by atoms with E-state index < -0.39 is 10.3 Å². The van der Waals surface area contributed by atoms with Crippen LogP contribution in [0.15, 0.2) is 36.4 Å². The van der Waals surface area contributed by atoms with Crippen molar-refractivity contribution in [3.8, 4) is 0 Å². The van der Waals surface area contributed by atoms with Crippen molar-refractivity contribution >= 4 is 16.4 Å². The van der Waals surface area contributed by atoms with Crippen molar-refractivity contribution in [2.45, 2.75) is 0 Å². The van der Waals surface area contributed by atoms with Gasteiger partial charge in [0.05, 0.1) is 6.61 Å². The Bertz CT molecular complexity index is 397. The fraction of sp³-hybridized carbons (Fsp3) is 0.111. The summed E-state index contributed by atoms with van der Waals surface area (Å²) in [5.74, 6) is 0. The zero-order chi connectivity index (χ0) is 10.4. The zero-order valence-electron chi connectivity index (χ0n) is 7.46. The smallest absolute Gasteiger partial charge is 0.254 e. The van der Waals surface area contributed by atoms with Crippen molar-refractivity contribution in [3.05, 3.63) is 42.0 Å². The number of benzene rings is 1. The lowest BCUT2D eigenvalue weighted by atomic mass is 10.2. The summed E-state index contributed by atoms with van der Waals surface area (Å²) in [6.45, 7) is -0.0479. The van der Waals surface area contributed by atoms with Crippen LogP contribution in [-0.4, -0.2) is 15.0 Å². The van der Waals surface area contributed by atoms with Crippen molar-refractivity contribution in [2.75, 3.05) is 6.61 Å². The zero-order valence-corrected chi connectivity index (χ0v) is 8.28. The van der Waals surface area contributed by atoms with Crippen molar-refractivity contribution in [1.82, 2.24) is 0 Å². The van der Waals surface area contributed by atoms with Crippen molar-refractivity contribution < 1.29 is 12.6 Å². The first-order valence-corrected chi connectivity index (χ1v) is 5.44. The van der Waals surface area contributed by atoms with Gasteiger partial charge in [0.25, 0.3) is 0 Å². The number of rotatable bonds is 4. The second-order valence-corrected chi connectivity index (χ2v) is 3.81. The number of nitrogens with two attached hydrogens (primary N) is 1. The Morgan fingerprint density at radius 1 is 1.29 bits per heavy atom. The monoisotopic (exact) mass is 213 g/mol. The highest BCUT2D eigenvalue weighted by Gasteiger charge is 1.97. The first-order chi connectivity index (χ1) is 6.58. The summed E-state index contributed by atoms with van der Waals surface area (Å²) in [4.78, 5) is 0. The summed E-state index contributed by atoms with van der Waals surface area (Å²) < 4.78 is 25.0. The van der Waals surface area contributed by atoms with Gasteiger partial charge in [-0.2, -0.15) is 8.42 Å². The molecule has 1 rings (SSSR count). The SMILES string of the molecule is NS(=O)(=O)OCC=Cc1ccccc1. The van der Waals surface area contributed by atoms with E-state index in [2.05, 4.69) is 9.32 Å². The second kappa shape index (κ2) is 4.90. The molecule has 0 atom stereocenters. The molecule has 0 saturated carbocycles. The van der Waals surface area contributed by atoms with Gasteiger partial charge in [0, 0.05) is 0 Å². The van der Waals surface area contributed by atoms with Gasteiger partial charge < -0.3 is 0 Å². The van der Waals surface area contributed by atoms with Crippen LogP contribution in [0.25, 0.3) is 6.08 Å². The predicted octanol–water partition coefficient (Wildman–Crippen LogP) is 0.920. The molecule has 0 aliphatic carbocycles.